The van der Waals surface area contributed by atoms with Gasteiger partial charge in [-0.05, 0) is 30.0 Å². The Labute approximate surface area is 134 Å². The first-order valence-corrected chi connectivity index (χ1v) is 8.15. The Kier molecular flexibility index (Phi) is 4.39. The number of hydrogen-bond acceptors (Lipinski definition) is 5. The van der Waals surface area contributed by atoms with Crippen LogP contribution in [0.5, 0.6) is 0 Å². The van der Waals surface area contributed by atoms with Crippen LogP contribution in [-0.4, -0.2) is 33.1 Å². The van der Waals surface area contributed by atoms with Crippen molar-refractivity contribution in [1.29, 1.82) is 0 Å². The van der Waals surface area contributed by atoms with Crippen LogP contribution in [0.25, 0.3) is 5.82 Å². The van der Waals surface area contributed by atoms with Gasteiger partial charge in [0.05, 0.1) is 12.4 Å². The fraction of sp³-hybridized carbons (Fsp3) is 0.188. The molecule has 0 N–H and O–H groups in total. The summed E-state index contributed by atoms with van der Waals surface area (Å²) in [6.07, 6.45) is 9.14. The van der Waals surface area contributed by atoms with E-state index in [1.54, 1.807) is 35.0 Å². The summed E-state index contributed by atoms with van der Waals surface area (Å²) in [4.78, 5) is 12.2. The molecule has 3 aromatic rings. The molecule has 22 heavy (non-hydrogen) atoms. The minimum absolute atomic E-state index is 0.715. The summed E-state index contributed by atoms with van der Waals surface area (Å²) >= 11 is 1.75. The molecular weight excluding hydrogens is 294 g/mol. The molecule has 1 aromatic carbocycles. The van der Waals surface area contributed by atoms with Crippen LogP contribution in [-0.2, 0) is 6.54 Å². The Morgan fingerprint density at radius 1 is 1.18 bits per heavy atom. The van der Waals surface area contributed by atoms with Crippen molar-refractivity contribution in [2.45, 2.75) is 11.4 Å². The highest BCUT2D eigenvalue weighted by atomic mass is 32.2. The monoisotopic (exact) mass is 311 g/mol. The fourth-order valence-electron chi connectivity index (χ4n) is 2.13. The van der Waals surface area contributed by atoms with Gasteiger partial charge in [-0.25, -0.2) is 9.67 Å². The first-order chi connectivity index (χ1) is 10.8. The largest absolute Gasteiger partial charge is 0.354 e. The molecule has 2 aromatic heterocycles. The molecule has 0 fully saturated rings. The van der Waals surface area contributed by atoms with Gasteiger partial charge in [-0.1, -0.05) is 12.1 Å². The molecule has 2 heterocycles. The van der Waals surface area contributed by atoms with E-state index in [0.717, 1.165) is 12.4 Å². The van der Waals surface area contributed by atoms with Gasteiger partial charge in [-0.3, -0.25) is 4.98 Å². The molecule has 0 amide bonds. The Bertz CT molecular complexity index is 725. The Hall–Kier alpha value is -2.34. The maximum Gasteiger partial charge on any atom is 0.173 e. The van der Waals surface area contributed by atoms with Gasteiger partial charge in [0, 0.05) is 30.9 Å². The summed E-state index contributed by atoms with van der Waals surface area (Å²) in [6, 6.07) is 10.4. The maximum absolute atomic E-state index is 4.60. The van der Waals surface area contributed by atoms with Gasteiger partial charge in [0.2, 0.25) is 0 Å². The number of rotatable bonds is 5. The Balaban J connectivity index is 1.76. The highest BCUT2D eigenvalue weighted by molar-refractivity contribution is 7.98. The molecule has 0 aliphatic heterocycles. The van der Waals surface area contributed by atoms with Crippen molar-refractivity contribution in [2.24, 2.45) is 0 Å². The zero-order valence-electron chi connectivity index (χ0n) is 12.5. The Morgan fingerprint density at radius 2 is 2.00 bits per heavy atom. The molecule has 0 saturated heterocycles. The lowest BCUT2D eigenvalue weighted by atomic mass is 10.2. The summed E-state index contributed by atoms with van der Waals surface area (Å²) in [6.45, 7) is 0.784. The lowest BCUT2D eigenvalue weighted by Gasteiger charge is -2.18. The molecule has 0 aliphatic carbocycles. The van der Waals surface area contributed by atoms with E-state index in [4.69, 9.17) is 0 Å². The zero-order chi connectivity index (χ0) is 15.4. The summed E-state index contributed by atoms with van der Waals surface area (Å²) in [5.74, 6) is 1.54. The molecule has 0 spiro atoms. The number of anilines is 1. The van der Waals surface area contributed by atoms with E-state index in [-0.39, 0.29) is 0 Å². The van der Waals surface area contributed by atoms with Crippen LogP contribution in [0, 0.1) is 0 Å². The molecule has 3 rings (SSSR count). The molecule has 0 radical (unpaired) electrons. The number of thioether (sulfide) groups is 1. The average Bonchev–Trinajstić information content (AvgIpc) is 3.10. The molecule has 6 heteroatoms. The lowest BCUT2D eigenvalue weighted by Crippen LogP contribution is -2.18. The van der Waals surface area contributed by atoms with E-state index >= 15 is 0 Å². The maximum atomic E-state index is 4.60. The number of benzene rings is 1. The molecular formula is C16H17N5S. The van der Waals surface area contributed by atoms with Gasteiger partial charge < -0.3 is 4.90 Å². The normalized spacial score (nSPS) is 10.6. The minimum Gasteiger partial charge on any atom is -0.354 e. The SMILES string of the molecule is CSc1ccc(CN(C)c2cncc(-n3cccn3)n2)cc1. The predicted octanol–water partition coefficient (Wildman–Crippen LogP) is 3.02. The van der Waals surface area contributed by atoms with Gasteiger partial charge in [0.25, 0.3) is 0 Å². The molecule has 0 saturated carbocycles. The highest BCUT2D eigenvalue weighted by Gasteiger charge is 2.07. The van der Waals surface area contributed by atoms with E-state index in [9.17, 15) is 0 Å². The predicted molar refractivity (Wildman–Crippen MR) is 89.5 cm³/mol. The summed E-state index contributed by atoms with van der Waals surface area (Å²) in [7, 11) is 2.01. The topological polar surface area (TPSA) is 46.8 Å². The standard InChI is InChI=1S/C16H17N5S/c1-20(12-13-4-6-14(22-2)7-5-13)15-10-17-11-16(19-15)21-9-3-8-18-21/h3-11H,12H2,1-2H3. The summed E-state index contributed by atoms with van der Waals surface area (Å²) < 4.78 is 1.71. The van der Waals surface area contributed by atoms with E-state index in [0.29, 0.717) is 5.82 Å². The van der Waals surface area contributed by atoms with E-state index in [2.05, 4.69) is 50.5 Å². The lowest BCUT2D eigenvalue weighted by molar-refractivity contribution is 0.818. The second-order valence-electron chi connectivity index (χ2n) is 4.89. The quantitative estimate of drug-likeness (QED) is 0.678. The second kappa shape index (κ2) is 6.62. The van der Waals surface area contributed by atoms with Crippen molar-refractivity contribution in [3.63, 3.8) is 0 Å². The first-order valence-electron chi connectivity index (χ1n) is 6.92. The van der Waals surface area contributed by atoms with Crippen molar-refractivity contribution < 1.29 is 0 Å². The van der Waals surface area contributed by atoms with E-state index in [1.165, 1.54) is 10.5 Å². The van der Waals surface area contributed by atoms with Crippen LogP contribution in [0.15, 0.2) is 60.0 Å². The van der Waals surface area contributed by atoms with Crippen LogP contribution in [0.1, 0.15) is 5.56 Å². The van der Waals surface area contributed by atoms with Crippen LogP contribution < -0.4 is 4.90 Å². The summed E-state index contributed by atoms with van der Waals surface area (Å²) in [5.41, 5.74) is 1.24. The second-order valence-corrected chi connectivity index (χ2v) is 5.77. The van der Waals surface area contributed by atoms with Gasteiger partial charge >= 0.3 is 0 Å². The van der Waals surface area contributed by atoms with E-state index < -0.39 is 0 Å². The molecule has 0 bridgehead atoms. The van der Waals surface area contributed by atoms with Crippen LogP contribution in [0.3, 0.4) is 0 Å². The number of nitrogens with zero attached hydrogens (tertiary/aromatic N) is 5. The molecule has 112 valence electrons. The molecule has 0 atom stereocenters. The van der Waals surface area contributed by atoms with Crippen LogP contribution >= 0.6 is 11.8 Å². The summed E-state index contributed by atoms with van der Waals surface area (Å²) in [5, 5.41) is 4.18. The zero-order valence-corrected chi connectivity index (χ0v) is 13.4. The fourth-order valence-corrected chi connectivity index (χ4v) is 2.54. The van der Waals surface area contributed by atoms with Gasteiger partial charge in [0.1, 0.15) is 5.82 Å². The molecule has 0 unspecified atom stereocenters. The minimum atomic E-state index is 0.715. The highest BCUT2D eigenvalue weighted by Crippen LogP contribution is 2.17. The van der Waals surface area contributed by atoms with Crippen molar-refractivity contribution in [3.8, 4) is 5.82 Å². The number of aromatic nitrogens is 4. The van der Waals surface area contributed by atoms with E-state index in [1.807, 2.05) is 19.3 Å². The molecule has 5 nitrogen and oxygen atoms in total. The van der Waals surface area contributed by atoms with Gasteiger partial charge in [-0.2, -0.15) is 5.10 Å². The van der Waals surface area contributed by atoms with Crippen LogP contribution in [0.2, 0.25) is 0 Å². The van der Waals surface area contributed by atoms with Crippen LogP contribution in [0.4, 0.5) is 5.82 Å². The van der Waals surface area contributed by atoms with Gasteiger partial charge in [0.15, 0.2) is 5.82 Å². The first kappa shape index (κ1) is 14.6. The average molecular weight is 311 g/mol. The third-order valence-electron chi connectivity index (χ3n) is 3.32. The Morgan fingerprint density at radius 3 is 2.68 bits per heavy atom. The number of hydrogen-bond donors (Lipinski definition) is 0. The van der Waals surface area contributed by atoms with Crippen molar-refractivity contribution in [1.82, 2.24) is 19.7 Å². The smallest absolute Gasteiger partial charge is 0.173 e. The molecule has 0 aliphatic rings. The van der Waals surface area contributed by atoms with Crippen molar-refractivity contribution in [3.05, 3.63) is 60.7 Å². The van der Waals surface area contributed by atoms with Crippen molar-refractivity contribution >= 4 is 17.6 Å². The third kappa shape index (κ3) is 3.28. The third-order valence-corrected chi connectivity index (χ3v) is 4.06. The van der Waals surface area contributed by atoms with Gasteiger partial charge in [-0.15, -0.1) is 11.8 Å². The van der Waals surface area contributed by atoms with Crippen molar-refractivity contribution in [2.75, 3.05) is 18.2 Å².